The van der Waals surface area contributed by atoms with Gasteiger partial charge in [0.2, 0.25) is 11.8 Å². The number of nitrogens with zero attached hydrogens (tertiary/aromatic N) is 1. The Morgan fingerprint density at radius 1 is 1.29 bits per heavy atom. The molecule has 1 atom stereocenters. The number of piperidine rings is 1. The minimum atomic E-state index is -3.67. The van der Waals surface area contributed by atoms with E-state index in [0.717, 1.165) is 0 Å². The van der Waals surface area contributed by atoms with Crippen LogP contribution in [0.25, 0.3) is 0 Å². The van der Waals surface area contributed by atoms with Gasteiger partial charge < -0.3 is 10.2 Å². The number of fused-ring (bicyclic) bond motifs is 1. The van der Waals surface area contributed by atoms with E-state index in [1.54, 1.807) is 25.1 Å². The second-order valence-electron chi connectivity index (χ2n) is 7.39. The van der Waals surface area contributed by atoms with Crippen LogP contribution in [-0.2, 0) is 27.5 Å². The number of benzene rings is 1. The van der Waals surface area contributed by atoms with Crippen LogP contribution in [0.5, 0.6) is 0 Å². The van der Waals surface area contributed by atoms with Gasteiger partial charge in [-0.15, -0.1) is 0 Å². The number of allylic oxidation sites excluding steroid dienone is 3. The van der Waals surface area contributed by atoms with E-state index in [4.69, 9.17) is 0 Å². The van der Waals surface area contributed by atoms with Crippen LogP contribution in [0.4, 0.5) is 8.78 Å². The van der Waals surface area contributed by atoms with Gasteiger partial charge in [0.15, 0.2) is 0 Å². The molecular formula is C22H23F2N3O4. The van der Waals surface area contributed by atoms with Gasteiger partial charge in [-0.25, -0.2) is 0 Å². The third kappa shape index (κ3) is 4.40. The molecule has 0 radical (unpaired) electrons. The zero-order valence-corrected chi connectivity index (χ0v) is 17.2. The summed E-state index contributed by atoms with van der Waals surface area (Å²) >= 11 is 0. The van der Waals surface area contributed by atoms with Crippen molar-refractivity contribution in [3.8, 4) is 0 Å². The molecule has 2 N–H and O–H groups in total. The molecule has 4 amide bonds. The molecule has 0 bridgehead atoms. The lowest BCUT2D eigenvalue weighted by Gasteiger charge is -2.29. The standard InChI is InChI=1S/C22H23F2N3O4/c1-3-5-15(4-2)22(23,24)21(31)25-11-13-6-7-16-14(10-13)12-27(20(16)30)17-8-9-18(28)26-19(17)29/h3-7,10,17H,8-9,11-12H2,1-2H3,(H,25,31)(H,26,28,29)/b5-3-,15-4+. The first-order valence-corrected chi connectivity index (χ1v) is 9.91. The van der Waals surface area contributed by atoms with Crippen molar-refractivity contribution in [3.63, 3.8) is 0 Å². The molecule has 1 aromatic rings. The van der Waals surface area contributed by atoms with Crippen LogP contribution in [0.1, 0.15) is 48.2 Å². The second kappa shape index (κ2) is 8.79. The first kappa shape index (κ1) is 22.3. The number of alkyl halides is 2. The summed E-state index contributed by atoms with van der Waals surface area (Å²) in [4.78, 5) is 49.6. The minimum absolute atomic E-state index is 0.138. The average molecular weight is 431 g/mol. The van der Waals surface area contributed by atoms with Gasteiger partial charge in [-0.2, -0.15) is 8.78 Å². The Morgan fingerprint density at radius 2 is 2.03 bits per heavy atom. The number of hydrogen-bond acceptors (Lipinski definition) is 4. The topological polar surface area (TPSA) is 95.6 Å². The van der Waals surface area contributed by atoms with Crippen LogP contribution < -0.4 is 10.6 Å². The first-order valence-electron chi connectivity index (χ1n) is 9.91. The van der Waals surface area contributed by atoms with Gasteiger partial charge >= 0.3 is 5.92 Å². The zero-order valence-electron chi connectivity index (χ0n) is 17.2. The van der Waals surface area contributed by atoms with Crippen molar-refractivity contribution < 1.29 is 28.0 Å². The van der Waals surface area contributed by atoms with Crippen molar-refractivity contribution in [2.75, 3.05) is 0 Å². The van der Waals surface area contributed by atoms with E-state index in [2.05, 4.69) is 10.6 Å². The number of amides is 4. The summed E-state index contributed by atoms with van der Waals surface area (Å²) in [7, 11) is 0. The maximum absolute atomic E-state index is 14.3. The van der Waals surface area contributed by atoms with Crippen LogP contribution >= 0.6 is 0 Å². The molecule has 2 aliphatic heterocycles. The molecule has 3 rings (SSSR count). The van der Waals surface area contributed by atoms with Gasteiger partial charge in [-0.1, -0.05) is 30.4 Å². The third-order valence-corrected chi connectivity index (χ3v) is 5.35. The summed E-state index contributed by atoms with van der Waals surface area (Å²) < 4.78 is 28.6. The number of halogens is 2. The SMILES string of the molecule is C/C=C\C(=C/C)C(F)(F)C(=O)NCc1ccc2c(c1)CN(C1CCC(=O)NC1=O)C2=O. The quantitative estimate of drug-likeness (QED) is 0.533. The molecule has 164 valence electrons. The lowest BCUT2D eigenvalue weighted by Crippen LogP contribution is -2.52. The molecule has 31 heavy (non-hydrogen) atoms. The smallest absolute Gasteiger partial charge is 0.346 e. The fourth-order valence-electron chi connectivity index (χ4n) is 3.72. The Bertz CT molecular complexity index is 1000. The summed E-state index contributed by atoms with van der Waals surface area (Å²) in [5, 5.41) is 4.47. The molecule has 1 saturated heterocycles. The van der Waals surface area contributed by atoms with Crippen molar-refractivity contribution >= 4 is 23.6 Å². The van der Waals surface area contributed by atoms with Gasteiger partial charge in [0, 0.05) is 30.6 Å². The number of rotatable bonds is 6. The Labute approximate surface area is 178 Å². The van der Waals surface area contributed by atoms with Crippen molar-refractivity contribution in [3.05, 3.63) is 58.7 Å². The third-order valence-electron chi connectivity index (χ3n) is 5.35. The highest BCUT2D eigenvalue weighted by molar-refractivity contribution is 6.05. The molecule has 1 unspecified atom stereocenters. The van der Waals surface area contributed by atoms with Crippen LogP contribution in [0.2, 0.25) is 0 Å². The molecule has 0 aromatic heterocycles. The van der Waals surface area contributed by atoms with E-state index in [1.165, 1.54) is 30.1 Å². The van der Waals surface area contributed by atoms with Crippen LogP contribution in [0, 0.1) is 0 Å². The van der Waals surface area contributed by atoms with E-state index < -0.39 is 29.4 Å². The minimum Gasteiger partial charge on any atom is -0.346 e. The van der Waals surface area contributed by atoms with Gasteiger partial charge in [0.05, 0.1) is 0 Å². The Balaban J connectivity index is 1.69. The maximum atomic E-state index is 14.3. The lowest BCUT2D eigenvalue weighted by molar-refractivity contribution is -0.140. The van der Waals surface area contributed by atoms with Crippen LogP contribution in [-0.4, -0.2) is 40.5 Å². The molecule has 2 aliphatic rings. The molecule has 0 aliphatic carbocycles. The Hall–Kier alpha value is -3.36. The maximum Gasteiger partial charge on any atom is 0.349 e. The molecule has 2 heterocycles. The number of imide groups is 1. The first-order chi connectivity index (χ1) is 14.7. The summed E-state index contributed by atoms with van der Waals surface area (Å²) in [6, 6.07) is 4.05. The normalized spacial score (nSPS) is 19.6. The lowest BCUT2D eigenvalue weighted by atomic mass is 10.0. The Kier molecular flexibility index (Phi) is 6.33. The predicted octanol–water partition coefficient (Wildman–Crippen LogP) is 2.22. The van der Waals surface area contributed by atoms with Crippen LogP contribution in [0.3, 0.4) is 0 Å². The molecule has 9 heteroatoms. The molecule has 7 nitrogen and oxygen atoms in total. The second-order valence-corrected chi connectivity index (χ2v) is 7.39. The van der Waals surface area contributed by atoms with Crippen molar-refractivity contribution in [2.45, 2.75) is 51.7 Å². The van der Waals surface area contributed by atoms with E-state index >= 15 is 0 Å². The van der Waals surface area contributed by atoms with Crippen molar-refractivity contribution in [1.82, 2.24) is 15.5 Å². The van der Waals surface area contributed by atoms with Gasteiger partial charge in [0.25, 0.3) is 11.8 Å². The highest BCUT2D eigenvalue weighted by atomic mass is 19.3. The zero-order chi connectivity index (χ0) is 22.8. The molecule has 0 spiro atoms. The van der Waals surface area contributed by atoms with Gasteiger partial charge in [0.1, 0.15) is 6.04 Å². The highest BCUT2D eigenvalue weighted by Gasteiger charge is 2.41. The summed E-state index contributed by atoms with van der Waals surface area (Å²) in [6.07, 6.45) is 4.21. The average Bonchev–Trinajstić information content (AvgIpc) is 3.05. The molecule has 1 aromatic carbocycles. The molecule has 1 fully saturated rings. The van der Waals surface area contributed by atoms with Crippen LogP contribution in [0.15, 0.2) is 42.0 Å². The highest BCUT2D eigenvalue weighted by Crippen LogP contribution is 2.29. The summed E-state index contributed by atoms with van der Waals surface area (Å²) in [5.41, 5.74) is 1.20. The molecular weight excluding hydrogens is 408 g/mol. The predicted molar refractivity (Wildman–Crippen MR) is 108 cm³/mol. The Morgan fingerprint density at radius 3 is 2.68 bits per heavy atom. The fraction of sp³-hybridized carbons (Fsp3) is 0.364. The number of hydrogen-bond donors (Lipinski definition) is 2. The molecule has 0 saturated carbocycles. The monoisotopic (exact) mass is 431 g/mol. The van der Waals surface area contributed by atoms with E-state index in [1.807, 2.05) is 0 Å². The largest absolute Gasteiger partial charge is 0.349 e. The van der Waals surface area contributed by atoms with E-state index in [0.29, 0.717) is 16.7 Å². The fourth-order valence-corrected chi connectivity index (χ4v) is 3.72. The number of carbonyl (C=O) groups is 4. The van der Waals surface area contributed by atoms with E-state index in [-0.39, 0.29) is 37.7 Å². The van der Waals surface area contributed by atoms with Crippen molar-refractivity contribution in [2.24, 2.45) is 0 Å². The van der Waals surface area contributed by atoms with Crippen molar-refractivity contribution in [1.29, 1.82) is 0 Å². The summed E-state index contributed by atoms with van der Waals surface area (Å²) in [5.74, 6) is -6.28. The van der Waals surface area contributed by atoms with Gasteiger partial charge in [-0.05, 0) is 37.5 Å². The number of carbonyl (C=O) groups excluding carboxylic acids is 4. The number of nitrogens with one attached hydrogen (secondary N) is 2. The van der Waals surface area contributed by atoms with Gasteiger partial charge in [-0.3, -0.25) is 24.5 Å². The summed E-state index contributed by atoms with van der Waals surface area (Å²) in [6.45, 7) is 3.05. The van der Waals surface area contributed by atoms with E-state index in [9.17, 15) is 28.0 Å².